The molecule has 17 heteroatoms. The van der Waals surface area contributed by atoms with Gasteiger partial charge in [0.1, 0.15) is 11.5 Å². The first kappa shape index (κ1) is 40.9. The van der Waals surface area contributed by atoms with Crippen LogP contribution in [0.3, 0.4) is 0 Å². The Bertz CT molecular complexity index is 1670. The minimum Gasteiger partial charge on any atom is -0.482 e. The van der Waals surface area contributed by atoms with Crippen LogP contribution in [-0.2, 0) is 24.0 Å². The highest BCUT2D eigenvalue weighted by molar-refractivity contribution is 6.06. The number of piperidine rings is 2. The van der Waals surface area contributed by atoms with Crippen molar-refractivity contribution in [2.75, 3.05) is 85.2 Å². The van der Waals surface area contributed by atoms with Gasteiger partial charge in [-0.15, -0.1) is 0 Å². The van der Waals surface area contributed by atoms with Crippen LogP contribution < -0.4 is 20.1 Å². The number of carbonyl (C=O) groups is 7. The minimum atomic E-state index is -1.10. The first-order chi connectivity index (χ1) is 26.5. The van der Waals surface area contributed by atoms with Gasteiger partial charge in [0.15, 0.2) is 24.8 Å². The molecule has 2 aromatic carbocycles. The van der Waals surface area contributed by atoms with Gasteiger partial charge in [-0.3, -0.25) is 38.7 Å². The molecule has 0 aliphatic carbocycles. The fourth-order valence-corrected chi connectivity index (χ4v) is 6.96. The van der Waals surface area contributed by atoms with Crippen molar-refractivity contribution in [3.05, 3.63) is 59.7 Å². The summed E-state index contributed by atoms with van der Waals surface area (Å²) < 4.78 is 10.1. The number of amides is 3. The van der Waals surface area contributed by atoms with Crippen LogP contribution in [0.2, 0.25) is 0 Å². The zero-order chi connectivity index (χ0) is 39.3. The molecule has 4 saturated heterocycles. The molecule has 0 spiro atoms. The number of rotatable bonds is 14. The number of piperazine rings is 2. The molecule has 0 saturated carbocycles. The van der Waals surface area contributed by atoms with Crippen LogP contribution in [0.5, 0.6) is 11.5 Å². The van der Waals surface area contributed by atoms with Crippen molar-refractivity contribution in [3.8, 4) is 11.5 Å². The van der Waals surface area contributed by atoms with E-state index in [0.29, 0.717) is 41.8 Å². The number of aliphatic carboxylic acids is 2. The molecule has 0 bridgehead atoms. The average Bonchev–Trinajstić information content (AvgIpc) is 3.19. The summed E-state index contributed by atoms with van der Waals surface area (Å²) in [6.45, 7) is 4.61. The number of benzene rings is 2. The number of ketones is 2. The number of Topliss-reactive ketones (excluding diaryl/α,β-unsaturated/α-hetero) is 2. The monoisotopic (exact) mass is 764 g/mol. The van der Waals surface area contributed by atoms with Crippen LogP contribution in [0.15, 0.2) is 48.5 Å². The highest BCUT2D eigenvalue weighted by Crippen LogP contribution is 2.19. The molecule has 0 aromatic heterocycles. The fourth-order valence-electron chi connectivity index (χ4n) is 6.96. The minimum absolute atomic E-state index is 0.00505. The largest absolute Gasteiger partial charge is 0.482 e. The van der Waals surface area contributed by atoms with Crippen molar-refractivity contribution in [2.45, 2.75) is 37.8 Å². The summed E-state index contributed by atoms with van der Waals surface area (Å²) >= 11 is 0. The summed E-state index contributed by atoms with van der Waals surface area (Å²) in [6.07, 6.45) is 3.91. The van der Waals surface area contributed by atoms with Crippen molar-refractivity contribution < 1.29 is 53.2 Å². The van der Waals surface area contributed by atoms with Crippen molar-refractivity contribution in [1.82, 2.24) is 30.2 Å². The smallest absolute Gasteiger partial charge is 0.341 e. The van der Waals surface area contributed by atoms with E-state index in [2.05, 4.69) is 15.5 Å². The van der Waals surface area contributed by atoms with Crippen molar-refractivity contribution in [2.24, 2.45) is 0 Å². The van der Waals surface area contributed by atoms with Gasteiger partial charge in [0.2, 0.25) is 17.7 Å². The molecule has 4 aliphatic rings. The van der Waals surface area contributed by atoms with Crippen LogP contribution in [0.25, 0.3) is 0 Å². The summed E-state index contributed by atoms with van der Waals surface area (Å²) in [5, 5.41) is 23.8. The van der Waals surface area contributed by atoms with Crippen molar-refractivity contribution in [3.63, 3.8) is 0 Å². The van der Waals surface area contributed by atoms with Gasteiger partial charge in [-0.1, -0.05) is 0 Å². The third-order valence-electron chi connectivity index (χ3n) is 9.99. The number of hydrogen-bond acceptors (Lipinski definition) is 13. The van der Waals surface area contributed by atoms with Crippen LogP contribution in [0, 0.1) is 0 Å². The molecular formula is C38H48N6O11. The highest BCUT2D eigenvalue weighted by atomic mass is 16.5. The van der Waals surface area contributed by atoms with Gasteiger partial charge in [0, 0.05) is 36.3 Å². The number of carboxylic acids is 2. The lowest BCUT2D eigenvalue weighted by Crippen LogP contribution is -2.58. The fraction of sp³-hybridized carbons (Fsp3) is 0.500. The maximum atomic E-state index is 12.5. The van der Waals surface area contributed by atoms with E-state index in [-0.39, 0.29) is 61.5 Å². The van der Waals surface area contributed by atoms with Gasteiger partial charge >= 0.3 is 11.9 Å². The first-order valence-corrected chi connectivity index (χ1v) is 18.4. The SMILES string of the molecule is O=C(O)COc1ccc(C(=O)CN2C(=O)CN(C3CCNCC3)CC2=O)cc1.O=C(O)COc1ccc(C(=O)CN2CCN(C3CCNCC3)CC2=O)cc1. The molecule has 0 radical (unpaired) electrons. The van der Waals surface area contributed by atoms with Gasteiger partial charge in [0.05, 0.1) is 32.7 Å². The number of ether oxygens (including phenoxy) is 2. The second kappa shape index (κ2) is 19.9. The Morgan fingerprint density at radius 2 is 1.00 bits per heavy atom. The molecule has 4 aliphatic heterocycles. The summed E-state index contributed by atoms with van der Waals surface area (Å²) in [4.78, 5) is 90.1. The van der Waals surface area contributed by atoms with E-state index in [9.17, 15) is 33.6 Å². The van der Waals surface area contributed by atoms with Gasteiger partial charge in [-0.05, 0) is 100 Å². The summed E-state index contributed by atoms with van der Waals surface area (Å²) in [6, 6.07) is 12.9. The van der Waals surface area contributed by atoms with Crippen LogP contribution in [0.1, 0.15) is 46.4 Å². The highest BCUT2D eigenvalue weighted by Gasteiger charge is 2.36. The summed E-state index contributed by atoms with van der Waals surface area (Å²) in [7, 11) is 0. The Balaban J connectivity index is 0.000000211. The topological polar surface area (TPSA) is 215 Å². The van der Waals surface area contributed by atoms with E-state index < -0.39 is 25.2 Å². The van der Waals surface area contributed by atoms with Gasteiger partial charge in [0.25, 0.3) is 0 Å². The molecule has 17 nitrogen and oxygen atoms in total. The molecular weight excluding hydrogens is 716 g/mol. The van der Waals surface area contributed by atoms with Gasteiger partial charge in [-0.25, -0.2) is 9.59 Å². The number of nitrogens with zero attached hydrogens (tertiary/aromatic N) is 4. The van der Waals surface area contributed by atoms with E-state index in [1.807, 2.05) is 4.90 Å². The molecule has 6 rings (SSSR count). The lowest BCUT2D eigenvalue weighted by atomic mass is 10.0. The Hall–Kier alpha value is -5.23. The Morgan fingerprint density at radius 3 is 1.44 bits per heavy atom. The van der Waals surface area contributed by atoms with E-state index in [4.69, 9.17) is 19.7 Å². The van der Waals surface area contributed by atoms with Crippen LogP contribution in [-0.4, -0.2) is 168 Å². The van der Waals surface area contributed by atoms with Crippen LogP contribution in [0.4, 0.5) is 0 Å². The van der Waals surface area contributed by atoms with E-state index in [1.165, 1.54) is 24.3 Å². The normalized spacial score (nSPS) is 19.0. The molecule has 296 valence electrons. The Kier molecular flexibility index (Phi) is 14.8. The number of nitrogens with one attached hydrogen (secondary N) is 2. The van der Waals surface area contributed by atoms with E-state index >= 15 is 0 Å². The number of hydrogen-bond donors (Lipinski definition) is 4. The maximum absolute atomic E-state index is 12.5. The predicted molar refractivity (Wildman–Crippen MR) is 196 cm³/mol. The number of carboxylic acid groups (broad SMARTS) is 2. The quantitative estimate of drug-likeness (QED) is 0.147. The zero-order valence-corrected chi connectivity index (χ0v) is 30.7. The van der Waals surface area contributed by atoms with Gasteiger partial charge < -0.3 is 35.2 Å². The Labute approximate surface area is 318 Å². The second-order valence-electron chi connectivity index (χ2n) is 13.8. The summed E-state index contributed by atoms with van der Waals surface area (Å²) in [5.74, 6) is -2.66. The first-order valence-electron chi connectivity index (χ1n) is 18.4. The molecule has 0 unspecified atom stereocenters. The van der Waals surface area contributed by atoms with Crippen molar-refractivity contribution in [1.29, 1.82) is 0 Å². The molecule has 0 atom stereocenters. The average molecular weight is 765 g/mol. The molecule has 4 heterocycles. The Morgan fingerprint density at radius 1 is 0.582 bits per heavy atom. The number of imide groups is 1. The standard InChI is InChI=1S/C19H23N3O6.C19H25N3O5/c23-16(13-1-3-15(4-2-13)28-12-19(26)27)9-22-17(24)10-21(11-18(22)25)14-5-7-20-8-6-14;23-17(14-1-3-16(4-2-14)27-13-19(25)26)11-22-10-9-21(12-18(22)24)15-5-7-20-8-6-15/h1-4,14,20H,5-12H2,(H,26,27);1-4,15,20H,5-13H2,(H,25,26). The lowest BCUT2D eigenvalue weighted by molar-refractivity contribution is -0.152. The maximum Gasteiger partial charge on any atom is 0.341 e. The molecule has 4 N–H and O–H groups in total. The third kappa shape index (κ3) is 12.1. The summed E-state index contributed by atoms with van der Waals surface area (Å²) in [5.41, 5.74) is 0.801. The lowest BCUT2D eigenvalue weighted by Gasteiger charge is -2.40. The molecule has 4 fully saturated rings. The predicted octanol–water partition coefficient (Wildman–Crippen LogP) is -0.0156. The second-order valence-corrected chi connectivity index (χ2v) is 13.8. The number of carbonyl (C=O) groups excluding carboxylic acids is 5. The van der Waals surface area contributed by atoms with E-state index in [0.717, 1.165) is 63.3 Å². The zero-order valence-electron chi connectivity index (χ0n) is 30.7. The van der Waals surface area contributed by atoms with Crippen LogP contribution >= 0.6 is 0 Å². The van der Waals surface area contributed by atoms with Gasteiger partial charge in [-0.2, -0.15) is 0 Å². The third-order valence-corrected chi connectivity index (χ3v) is 9.99. The molecule has 55 heavy (non-hydrogen) atoms. The van der Waals surface area contributed by atoms with Crippen molar-refractivity contribution >= 4 is 41.2 Å². The molecule has 2 aromatic rings. The van der Waals surface area contributed by atoms with E-state index in [1.54, 1.807) is 29.2 Å². The molecule has 3 amide bonds.